The molecule has 3 rings (SSSR count). The molecule has 0 radical (unpaired) electrons. The van der Waals surface area contributed by atoms with Crippen molar-refractivity contribution < 1.29 is 9.21 Å². The number of nitrogens with zero attached hydrogens (tertiary/aromatic N) is 1. The lowest BCUT2D eigenvalue weighted by Crippen LogP contribution is -2.41. The number of benzene rings is 1. The highest BCUT2D eigenvalue weighted by molar-refractivity contribution is 5.93. The number of carbonyl (C=O) groups excluding carboxylic acids is 1. The summed E-state index contributed by atoms with van der Waals surface area (Å²) in [5.41, 5.74) is 1.28. The fraction of sp³-hybridized carbons (Fsp3) is 0.444. The third-order valence-corrected chi connectivity index (χ3v) is 4.46. The van der Waals surface area contributed by atoms with Crippen molar-refractivity contribution in [3.8, 4) is 11.5 Å². The van der Waals surface area contributed by atoms with E-state index in [2.05, 4.69) is 17.2 Å². The molecule has 0 saturated heterocycles. The van der Waals surface area contributed by atoms with Crippen LogP contribution in [-0.4, -0.2) is 16.9 Å². The molecule has 2 aromatic rings. The number of oxazole rings is 1. The standard InChI is InChI=1S/C18H22N2O2/c1-12-8-6-7-11-15(12)19-17(21)16-13(2)22-18(20-16)14-9-4-3-5-10-14/h3-5,9-10,12,15H,6-8,11H2,1-2H3,(H,19,21)/t12-,15-/m1/s1. The van der Waals surface area contributed by atoms with E-state index < -0.39 is 0 Å². The molecule has 1 N–H and O–H groups in total. The monoisotopic (exact) mass is 298 g/mol. The molecule has 0 aliphatic heterocycles. The average Bonchev–Trinajstić information content (AvgIpc) is 2.92. The van der Waals surface area contributed by atoms with E-state index >= 15 is 0 Å². The molecule has 1 aromatic heterocycles. The highest BCUT2D eigenvalue weighted by Crippen LogP contribution is 2.25. The number of rotatable bonds is 3. The van der Waals surface area contributed by atoms with Crippen LogP contribution in [0.5, 0.6) is 0 Å². The molecule has 1 aliphatic carbocycles. The average molecular weight is 298 g/mol. The van der Waals surface area contributed by atoms with Crippen LogP contribution >= 0.6 is 0 Å². The number of aromatic nitrogens is 1. The van der Waals surface area contributed by atoms with Crippen molar-refractivity contribution in [1.29, 1.82) is 0 Å². The maximum absolute atomic E-state index is 12.5. The summed E-state index contributed by atoms with van der Waals surface area (Å²) in [4.78, 5) is 16.9. The van der Waals surface area contributed by atoms with Crippen LogP contribution in [0.2, 0.25) is 0 Å². The lowest BCUT2D eigenvalue weighted by Gasteiger charge is -2.29. The van der Waals surface area contributed by atoms with Gasteiger partial charge in [0.05, 0.1) is 0 Å². The maximum atomic E-state index is 12.5. The van der Waals surface area contributed by atoms with E-state index in [4.69, 9.17) is 4.42 Å². The number of amides is 1. The minimum atomic E-state index is -0.123. The van der Waals surface area contributed by atoms with Crippen LogP contribution in [0.1, 0.15) is 48.9 Å². The Bertz CT molecular complexity index is 648. The Morgan fingerprint density at radius 1 is 1.23 bits per heavy atom. The second kappa shape index (κ2) is 6.34. The first-order valence-electron chi connectivity index (χ1n) is 7.99. The Hall–Kier alpha value is -2.10. The SMILES string of the molecule is Cc1oc(-c2ccccc2)nc1C(=O)N[C@@H]1CCCC[C@H]1C. The van der Waals surface area contributed by atoms with Gasteiger partial charge in [-0.05, 0) is 37.8 Å². The van der Waals surface area contributed by atoms with Crippen LogP contribution in [-0.2, 0) is 0 Å². The van der Waals surface area contributed by atoms with Crippen LogP contribution in [0.3, 0.4) is 0 Å². The van der Waals surface area contributed by atoms with Gasteiger partial charge in [0, 0.05) is 11.6 Å². The van der Waals surface area contributed by atoms with Crippen LogP contribution in [0.25, 0.3) is 11.5 Å². The zero-order valence-electron chi connectivity index (χ0n) is 13.1. The second-order valence-electron chi connectivity index (χ2n) is 6.13. The van der Waals surface area contributed by atoms with Gasteiger partial charge in [-0.15, -0.1) is 0 Å². The van der Waals surface area contributed by atoms with Crippen LogP contribution in [0.15, 0.2) is 34.7 Å². The molecule has 1 heterocycles. The molecule has 1 amide bonds. The summed E-state index contributed by atoms with van der Waals surface area (Å²) < 4.78 is 5.67. The Morgan fingerprint density at radius 3 is 2.68 bits per heavy atom. The first kappa shape index (κ1) is 14.8. The van der Waals surface area contributed by atoms with Crippen LogP contribution in [0, 0.1) is 12.8 Å². The van der Waals surface area contributed by atoms with Gasteiger partial charge in [-0.3, -0.25) is 4.79 Å². The Morgan fingerprint density at radius 2 is 1.95 bits per heavy atom. The fourth-order valence-electron chi connectivity index (χ4n) is 3.08. The lowest BCUT2D eigenvalue weighted by molar-refractivity contribution is 0.0904. The Labute approximate surface area is 130 Å². The molecular weight excluding hydrogens is 276 g/mol. The van der Waals surface area contributed by atoms with Crippen molar-refractivity contribution >= 4 is 5.91 Å². The first-order valence-corrected chi connectivity index (χ1v) is 7.99. The summed E-state index contributed by atoms with van der Waals surface area (Å²) in [7, 11) is 0. The predicted molar refractivity (Wildman–Crippen MR) is 85.6 cm³/mol. The van der Waals surface area contributed by atoms with Crippen molar-refractivity contribution in [2.45, 2.75) is 45.6 Å². The number of hydrogen-bond acceptors (Lipinski definition) is 3. The van der Waals surface area contributed by atoms with E-state index in [0.29, 0.717) is 23.3 Å². The second-order valence-corrected chi connectivity index (χ2v) is 6.13. The van der Waals surface area contributed by atoms with Gasteiger partial charge < -0.3 is 9.73 Å². The van der Waals surface area contributed by atoms with Crippen molar-refractivity contribution in [2.24, 2.45) is 5.92 Å². The Kier molecular flexibility index (Phi) is 4.27. The normalized spacial score (nSPS) is 21.5. The Balaban J connectivity index is 1.77. The summed E-state index contributed by atoms with van der Waals surface area (Å²) in [6.45, 7) is 3.99. The molecule has 2 atom stereocenters. The number of aryl methyl sites for hydroxylation is 1. The molecule has 1 aromatic carbocycles. The van der Waals surface area contributed by atoms with E-state index in [0.717, 1.165) is 12.0 Å². The van der Waals surface area contributed by atoms with Gasteiger partial charge in [-0.2, -0.15) is 0 Å². The highest BCUT2D eigenvalue weighted by Gasteiger charge is 2.25. The van der Waals surface area contributed by atoms with Gasteiger partial charge in [-0.1, -0.05) is 38.0 Å². The summed E-state index contributed by atoms with van der Waals surface area (Å²) >= 11 is 0. The van der Waals surface area contributed by atoms with Crippen LogP contribution < -0.4 is 5.32 Å². The summed E-state index contributed by atoms with van der Waals surface area (Å²) in [5, 5.41) is 3.13. The molecule has 4 nitrogen and oxygen atoms in total. The van der Waals surface area contributed by atoms with Gasteiger partial charge in [-0.25, -0.2) is 4.98 Å². The van der Waals surface area contributed by atoms with Crippen molar-refractivity contribution in [3.05, 3.63) is 41.8 Å². The molecular formula is C18H22N2O2. The minimum Gasteiger partial charge on any atom is -0.441 e. The summed E-state index contributed by atoms with van der Waals surface area (Å²) in [6.07, 6.45) is 4.67. The number of carbonyl (C=O) groups is 1. The van der Waals surface area contributed by atoms with Gasteiger partial charge in [0.15, 0.2) is 5.69 Å². The smallest absolute Gasteiger partial charge is 0.273 e. The first-order chi connectivity index (χ1) is 10.6. The van der Waals surface area contributed by atoms with Crippen molar-refractivity contribution in [1.82, 2.24) is 10.3 Å². The molecule has 1 saturated carbocycles. The van der Waals surface area contributed by atoms with E-state index in [1.165, 1.54) is 19.3 Å². The summed E-state index contributed by atoms with van der Waals surface area (Å²) in [6, 6.07) is 9.90. The van der Waals surface area contributed by atoms with Gasteiger partial charge in [0.1, 0.15) is 5.76 Å². The van der Waals surface area contributed by atoms with Gasteiger partial charge in [0.2, 0.25) is 5.89 Å². The van der Waals surface area contributed by atoms with E-state index in [-0.39, 0.29) is 11.9 Å². The third kappa shape index (κ3) is 3.06. The van der Waals surface area contributed by atoms with Crippen molar-refractivity contribution in [2.75, 3.05) is 0 Å². The predicted octanol–water partition coefficient (Wildman–Crippen LogP) is 3.96. The zero-order valence-corrected chi connectivity index (χ0v) is 13.1. The number of hydrogen-bond donors (Lipinski definition) is 1. The molecule has 1 fully saturated rings. The molecule has 4 heteroatoms. The van der Waals surface area contributed by atoms with Gasteiger partial charge in [0.25, 0.3) is 5.91 Å². The largest absolute Gasteiger partial charge is 0.441 e. The quantitative estimate of drug-likeness (QED) is 0.933. The molecule has 1 aliphatic rings. The molecule has 0 spiro atoms. The van der Waals surface area contributed by atoms with E-state index in [9.17, 15) is 4.79 Å². The number of nitrogens with one attached hydrogen (secondary N) is 1. The third-order valence-electron chi connectivity index (χ3n) is 4.46. The zero-order chi connectivity index (χ0) is 15.5. The minimum absolute atomic E-state index is 0.123. The molecule has 116 valence electrons. The molecule has 22 heavy (non-hydrogen) atoms. The molecule has 0 unspecified atom stereocenters. The molecule has 0 bridgehead atoms. The van der Waals surface area contributed by atoms with Crippen LogP contribution in [0.4, 0.5) is 0 Å². The van der Waals surface area contributed by atoms with Gasteiger partial charge >= 0.3 is 0 Å². The highest BCUT2D eigenvalue weighted by atomic mass is 16.4. The van der Waals surface area contributed by atoms with Crippen molar-refractivity contribution in [3.63, 3.8) is 0 Å². The maximum Gasteiger partial charge on any atom is 0.273 e. The topological polar surface area (TPSA) is 55.1 Å². The summed E-state index contributed by atoms with van der Waals surface area (Å²) in [5.74, 6) is 1.47. The van der Waals surface area contributed by atoms with E-state index in [1.807, 2.05) is 30.3 Å². The fourth-order valence-corrected chi connectivity index (χ4v) is 3.08. The van der Waals surface area contributed by atoms with E-state index in [1.54, 1.807) is 6.92 Å². The lowest BCUT2D eigenvalue weighted by atomic mass is 9.86.